The molecular weight excluding hydrogens is 354 g/mol. The number of benzene rings is 1. The van der Waals surface area contributed by atoms with Crippen LogP contribution >= 0.6 is 0 Å². The lowest BCUT2D eigenvalue weighted by atomic mass is 9.68. The van der Waals surface area contributed by atoms with E-state index in [0.29, 0.717) is 24.2 Å². The summed E-state index contributed by atoms with van der Waals surface area (Å²) in [6.07, 6.45) is 1.25. The highest BCUT2D eigenvalue weighted by molar-refractivity contribution is 6.04. The molecule has 3 rings (SSSR count). The SMILES string of the molecule is COCCOC(=O)C1=C(C)NC2=C(C(=O)CC(C)(C)C2)[C@H]1c1cccc(C)c1. The van der Waals surface area contributed by atoms with Crippen LogP contribution in [0.3, 0.4) is 0 Å². The first kappa shape index (κ1) is 20.3. The van der Waals surface area contributed by atoms with Gasteiger partial charge in [0.05, 0.1) is 12.2 Å². The summed E-state index contributed by atoms with van der Waals surface area (Å²) in [5.41, 5.74) is 4.82. The second kappa shape index (κ2) is 7.92. The molecule has 0 fully saturated rings. The molecule has 5 nitrogen and oxygen atoms in total. The number of hydrogen-bond acceptors (Lipinski definition) is 5. The van der Waals surface area contributed by atoms with E-state index in [2.05, 4.69) is 19.2 Å². The fourth-order valence-electron chi connectivity index (χ4n) is 4.19. The number of hydrogen-bond donors (Lipinski definition) is 1. The Balaban J connectivity index is 2.09. The van der Waals surface area contributed by atoms with Crippen molar-refractivity contribution >= 4 is 11.8 Å². The molecule has 1 atom stereocenters. The highest BCUT2D eigenvalue weighted by Crippen LogP contribution is 2.46. The Bertz CT molecular complexity index is 863. The molecule has 150 valence electrons. The maximum atomic E-state index is 13.2. The number of ether oxygens (including phenoxy) is 2. The van der Waals surface area contributed by atoms with Gasteiger partial charge in [0, 0.05) is 36.4 Å². The molecule has 1 aromatic rings. The van der Waals surface area contributed by atoms with Crippen molar-refractivity contribution in [1.29, 1.82) is 0 Å². The third kappa shape index (κ3) is 4.04. The third-order valence-corrected chi connectivity index (χ3v) is 5.36. The monoisotopic (exact) mass is 383 g/mol. The van der Waals surface area contributed by atoms with Gasteiger partial charge in [-0.25, -0.2) is 4.79 Å². The Labute approximate surface area is 166 Å². The summed E-state index contributed by atoms with van der Waals surface area (Å²) in [5.74, 6) is -0.715. The zero-order valence-electron chi connectivity index (χ0n) is 17.3. The Hall–Kier alpha value is -2.40. The number of nitrogens with one attached hydrogen (secondary N) is 1. The van der Waals surface area contributed by atoms with Crippen LogP contribution in [0.1, 0.15) is 50.7 Å². The van der Waals surface area contributed by atoms with Crippen molar-refractivity contribution < 1.29 is 19.1 Å². The van der Waals surface area contributed by atoms with E-state index in [1.54, 1.807) is 7.11 Å². The first-order valence-corrected chi connectivity index (χ1v) is 9.70. The smallest absolute Gasteiger partial charge is 0.336 e. The Kier molecular flexibility index (Phi) is 5.75. The molecule has 1 aliphatic heterocycles. The van der Waals surface area contributed by atoms with Crippen LogP contribution in [0.4, 0.5) is 0 Å². The number of Topliss-reactive ketones (excluding diaryl/α,β-unsaturated/α-hetero) is 1. The predicted octanol–water partition coefficient (Wildman–Crippen LogP) is 3.79. The van der Waals surface area contributed by atoms with Gasteiger partial charge in [-0.3, -0.25) is 4.79 Å². The molecule has 0 radical (unpaired) electrons. The van der Waals surface area contributed by atoms with Gasteiger partial charge in [0.1, 0.15) is 6.61 Å². The highest BCUT2D eigenvalue weighted by Gasteiger charge is 2.43. The van der Waals surface area contributed by atoms with Crippen LogP contribution < -0.4 is 5.32 Å². The van der Waals surface area contributed by atoms with E-state index < -0.39 is 11.9 Å². The summed E-state index contributed by atoms with van der Waals surface area (Å²) in [5, 5.41) is 3.35. The van der Waals surface area contributed by atoms with Crippen LogP contribution in [0.5, 0.6) is 0 Å². The van der Waals surface area contributed by atoms with Gasteiger partial charge in [-0.2, -0.15) is 0 Å². The van der Waals surface area contributed by atoms with Gasteiger partial charge in [-0.05, 0) is 31.2 Å². The van der Waals surface area contributed by atoms with E-state index in [0.717, 1.165) is 28.9 Å². The summed E-state index contributed by atoms with van der Waals surface area (Å²) in [4.78, 5) is 26.1. The van der Waals surface area contributed by atoms with Crippen molar-refractivity contribution in [3.8, 4) is 0 Å². The zero-order chi connectivity index (χ0) is 20.5. The van der Waals surface area contributed by atoms with Crippen molar-refractivity contribution in [3.05, 3.63) is 57.9 Å². The third-order valence-electron chi connectivity index (χ3n) is 5.36. The number of aryl methyl sites for hydroxylation is 1. The van der Waals surface area contributed by atoms with Gasteiger partial charge in [0.25, 0.3) is 0 Å². The Morgan fingerprint density at radius 2 is 1.96 bits per heavy atom. The van der Waals surface area contributed by atoms with Crippen LogP contribution in [-0.4, -0.2) is 32.1 Å². The molecular formula is C23H29NO4. The number of methoxy groups -OCH3 is 1. The van der Waals surface area contributed by atoms with E-state index in [1.807, 2.05) is 38.1 Å². The minimum atomic E-state index is -0.408. The summed E-state index contributed by atoms with van der Waals surface area (Å²) in [6, 6.07) is 8.01. The number of dihydropyridines is 1. The van der Waals surface area contributed by atoms with Crippen LogP contribution in [0.15, 0.2) is 46.8 Å². The molecule has 0 spiro atoms. The van der Waals surface area contributed by atoms with Crippen molar-refractivity contribution in [2.24, 2.45) is 5.41 Å². The summed E-state index contributed by atoms with van der Waals surface area (Å²) in [7, 11) is 1.57. The number of carbonyl (C=O) groups excluding carboxylic acids is 2. The first-order valence-electron chi connectivity index (χ1n) is 9.70. The molecule has 0 saturated heterocycles. The molecule has 0 aromatic heterocycles. The summed E-state index contributed by atoms with van der Waals surface area (Å²) < 4.78 is 10.4. The van der Waals surface area contributed by atoms with Crippen molar-refractivity contribution in [2.45, 2.75) is 46.5 Å². The van der Waals surface area contributed by atoms with Gasteiger partial charge < -0.3 is 14.8 Å². The average Bonchev–Trinajstić information content (AvgIpc) is 2.59. The molecule has 1 N–H and O–H groups in total. The Morgan fingerprint density at radius 1 is 1.21 bits per heavy atom. The van der Waals surface area contributed by atoms with E-state index in [-0.39, 0.29) is 17.8 Å². The summed E-state index contributed by atoms with van der Waals surface area (Å²) in [6.45, 7) is 8.61. The van der Waals surface area contributed by atoms with E-state index in [9.17, 15) is 9.59 Å². The lowest BCUT2D eigenvalue weighted by molar-refractivity contribution is -0.140. The number of esters is 1. The number of ketones is 1. The molecule has 1 heterocycles. The maximum Gasteiger partial charge on any atom is 0.336 e. The molecule has 5 heteroatoms. The van der Waals surface area contributed by atoms with Crippen molar-refractivity contribution in [2.75, 3.05) is 20.3 Å². The second-order valence-corrected chi connectivity index (χ2v) is 8.47. The van der Waals surface area contributed by atoms with Gasteiger partial charge in [0.2, 0.25) is 0 Å². The van der Waals surface area contributed by atoms with Gasteiger partial charge >= 0.3 is 5.97 Å². The normalized spacial score (nSPS) is 21.3. The number of carbonyl (C=O) groups is 2. The highest BCUT2D eigenvalue weighted by atomic mass is 16.6. The molecule has 0 unspecified atom stereocenters. The van der Waals surface area contributed by atoms with E-state index >= 15 is 0 Å². The largest absolute Gasteiger partial charge is 0.460 e. The zero-order valence-corrected chi connectivity index (χ0v) is 17.3. The average molecular weight is 383 g/mol. The van der Waals surface area contributed by atoms with Crippen LogP contribution in [0.25, 0.3) is 0 Å². The lowest BCUT2D eigenvalue weighted by Crippen LogP contribution is -2.38. The predicted molar refractivity (Wildman–Crippen MR) is 108 cm³/mol. The van der Waals surface area contributed by atoms with Crippen molar-refractivity contribution in [3.63, 3.8) is 0 Å². The van der Waals surface area contributed by atoms with E-state index in [1.165, 1.54) is 0 Å². The molecule has 0 saturated carbocycles. The van der Waals surface area contributed by atoms with Gasteiger partial charge in [0.15, 0.2) is 5.78 Å². The first-order chi connectivity index (χ1) is 13.2. The van der Waals surface area contributed by atoms with Crippen LogP contribution in [0, 0.1) is 12.3 Å². The topological polar surface area (TPSA) is 64.6 Å². The minimum absolute atomic E-state index is 0.0972. The Morgan fingerprint density at radius 3 is 2.64 bits per heavy atom. The lowest BCUT2D eigenvalue weighted by Gasteiger charge is -2.39. The fraction of sp³-hybridized carbons (Fsp3) is 0.478. The molecule has 0 bridgehead atoms. The molecule has 0 amide bonds. The van der Waals surface area contributed by atoms with Crippen LogP contribution in [0.2, 0.25) is 0 Å². The molecule has 1 aromatic carbocycles. The number of allylic oxidation sites excluding steroid dienone is 3. The molecule has 28 heavy (non-hydrogen) atoms. The quantitative estimate of drug-likeness (QED) is 0.619. The van der Waals surface area contributed by atoms with Gasteiger partial charge in [-0.15, -0.1) is 0 Å². The number of rotatable bonds is 5. The molecule has 1 aliphatic carbocycles. The second-order valence-electron chi connectivity index (χ2n) is 8.47. The van der Waals surface area contributed by atoms with E-state index in [4.69, 9.17) is 9.47 Å². The van der Waals surface area contributed by atoms with Crippen molar-refractivity contribution in [1.82, 2.24) is 5.32 Å². The maximum absolute atomic E-state index is 13.2. The van der Waals surface area contributed by atoms with Crippen LogP contribution in [-0.2, 0) is 19.1 Å². The fourth-order valence-corrected chi connectivity index (χ4v) is 4.19. The summed E-state index contributed by atoms with van der Waals surface area (Å²) >= 11 is 0. The van der Waals surface area contributed by atoms with Gasteiger partial charge in [-0.1, -0.05) is 43.7 Å². The minimum Gasteiger partial charge on any atom is -0.460 e. The molecule has 2 aliphatic rings. The standard InChI is InChI=1S/C23H29NO4/c1-14-7-6-8-16(11-14)20-19(22(26)28-10-9-27-5)15(2)24-17-12-23(3,4)13-18(25)21(17)20/h6-8,11,20,24H,9-10,12-13H2,1-5H3/t20-/m0/s1.